The van der Waals surface area contributed by atoms with Gasteiger partial charge in [0.1, 0.15) is 0 Å². The van der Waals surface area contributed by atoms with Crippen LogP contribution < -0.4 is 5.32 Å². The molecule has 0 saturated carbocycles. The maximum absolute atomic E-state index is 12.5. The molecule has 18 heavy (non-hydrogen) atoms. The lowest BCUT2D eigenvalue weighted by Crippen LogP contribution is -2.24. The van der Waals surface area contributed by atoms with E-state index in [1.54, 1.807) is 19.9 Å². The van der Waals surface area contributed by atoms with Crippen molar-refractivity contribution in [1.29, 1.82) is 5.26 Å². The van der Waals surface area contributed by atoms with Crippen molar-refractivity contribution < 1.29 is 13.2 Å². The van der Waals surface area contributed by atoms with Crippen molar-refractivity contribution in [1.82, 2.24) is 5.32 Å². The molecular weight excluding hydrogens is 241 g/mol. The van der Waals surface area contributed by atoms with E-state index in [4.69, 9.17) is 5.26 Å². The SMILES string of the molecule is CC(C#N)CNC(C)c1cccc(C(F)(F)F)c1. The third-order valence-electron chi connectivity index (χ3n) is 2.66. The van der Waals surface area contributed by atoms with E-state index < -0.39 is 11.7 Å². The summed E-state index contributed by atoms with van der Waals surface area (Å²) in [7, 11) is 0. The highest BCUT2D eigenvalue weighted by molar-refractivity contribution is 5.27. The van der Waals surface area contributed by atoms with E-state index in [1.165, 1.54) is 6.07 Å². The summed E-state index contributed by atoms with van der Waals surface area (Å²) in [6, 6.07) is 7.06. The first kappa shape index (κ1) is 14.5. The first-order valence-corrected chi connectivity index (χ1v) is 5.64. The molecule has 2 nitrogen and oxygen atoms in total. The molecule has 0 bridgehead atoms. The van der Waals surface area contributed by atoms with Crippen LogP contribution in [0.2, 0.25) is 0 Å². The number of alkyl halides is 3. The quantitative estimate of drug-likeness (QED) is 0.894. The molecule has 0 aliphatic heterocycles. The predicted octanol–water partition coefficient (Wildman–Crippen LogP) is 3.52. The number of rotatable bonds is 4. The molecule has 1 aromatic carbocycles. The van der Waals surface area contributed by atoms with Gasteiger partial charge in [0.15, 0.2) is 0 Å². The molecular formula is C13H15F3N2. The van der Waals surface area contributed by atoms with Crippen molar-refractivity contribution in [2.45, 2.75) is 26.1 Å². The Bertz CT molecular complexity index is 435. The van der Waals surface area contributed by atoms with Gasteiger partial charge in [-0.1, -0.05) is 12.1 Å². The zero-order valence-corrected chi connectivity index (χ0v) is 10.3. The zero-order chi connectivity index (χ0) is 13.8. The highest BCUT2D eigenvalue weighted by Gasteiger charge is 2.30. The normalized spacial score (nSPS) is 14.9. The molecule has 2 atom stereocenters. The van der Waals surface area contributed by atoms with E-state index in [0.717, 1.165) is 12.1 Å². The van der Waals surface area contributed by atoms with Crippen LogP contribution in [0.15, 0.2) is 24.3 Å². The van der Waals surface area contributed by atoms with E-state index in [2.05, 4.69) is 11.4 Å². The molecule has 0 fully saturated rings. The number of halogens is 3. The Morgan fingerprint density at radius 2 is 2.00 bits per heavy atom. The zero-order valence-electron chi connectivity index (χ0n) is 10.3. The van der Waals surface area contributed by atoms with Crippen LogP contribution in [0.3, 0.4) is 0 Å². The number of nitriles is 1. The first-order chi connectivity index (χ1) is 8.34. The van der Waals surface area contributed by atoms with Crippen LogP contribution >= 0.6 is 0 Å². The lowest BCUT2D eigenvalue weighted by Gasteiger charge is -2.16. The lowest BCUT2D eigenvalue weighted by atomic mass is 10.0. The van der Waals surface area contributed by atoms with Gasteiger partial charge in [0.05, 0.1) is 17.6 Å². The van der Waals surface area contributed by atoms with E-state index in [9.17, 15) is 13.2 Å². The Morgan fingerprint density at radius 3 is 2.56 bits per heavy atom. The number of nitrogens with zero attached hydrogens (tertiary/aromatic N) is 1. The Labute approximate surface area is 104 Å². The second-order valence-electron chi connectivity index (χ2n) is 4.28. The second-order valence-corrected chi connectivity index (χ2v) is 4.28. The predicted molar refractivity (Wildman–Crippen MR) is 62.6 cm³/mol. The van der Waals surface area contributed by atoms with Gasteiger partial charge in [-0.05, 0) is 31.5 Å². The molecule has 0 spiro atoms. The molecule has 0 heterocycles. The molecule has 98 valence electrons. The largest absolute Gasteiger partial charge is 0.416 e. The summed E-state index contributed by atoms with van der Waals surface area (Å²) >= 11 is 0. The number of benzene rings is 1. The maximum atomic E-state index is 12.5. The summed E-state index contributed by atoms with van der Waals surface area (Å²) < 4.78 is 37.6. The van der Waals surface area contributed by atoms with Crippen molar-refractivity contribution in [2.75, 3.05) is 6.54 Å². The summed E-state index contributed by atoms with van der Waals surface area (Å²) in [5.41, 5.74) is -0.0862. The summed E-state index contributed by atoms with van der Waals surface area (Å²) in [6.45, 7) is 3.99. The Hall–Kier alpha value is -1.54. The average molecular weight is 256 g/mol. The van der Waals surface area contributed by atoms with Crippen molar-refractivity contribution in [2.24, 2.45) is 5.92 Å². The highest BCUT2D eigenvalue weighted by atomic mass is 19.4. The molecule has 5 heteroatoms. The summed E-state index contributed by atoms with van der Waals surface area (Å²) in [6.07, 6.45) is -4.32. The van der Waals surface area contributed by atoms with Gasteiger partial charge in [0, 0.05) is 12.6 Å². The van der Waals surface area contributed by atoms with Gasteiger partial charge in [0.2, 0.25) is 0 Å². The number of nitrogens with one attached hydrogen (secondary N) is 1. The van der Waals surface area contributed by atoms with Gasteiger partial charge in [-0.15, -0.1) is 0 Å². The molecule has 1 N–H and O–H groups in total. The molecule has 0 aliphatic rings. The van der Waals surface area contributed by atoms with Crippen LogP contribution in [-0.2, 0) is 6.18 Å². The number of hydrogen-bond donors (Lipinski definition) is 1. The van der Waals surface area contributed by atoms with Crippen LogP contribution in [0.25, 0.3) is 0 Å². The first-order valence-electron chi connectivity index (χ1n) is 5.64. The topological polar surface area (TPSA) is 35.8 Å². The van der Waals surface area contributed by atoms with Crippen LogP contribution in [0.5, 0.6) is 0 Å². The summed E-state index contributed by atoms with van der Waals surface area (Å²) in [4.78, 5) is 0. The van der Waals surface area contributed by atoms with Crippen LogP contribution in [-0.4, -0.2) is 6.54 Å². The maximum Gasteiger partial charge on any atom is 0.416 e. The van der Waals surface area contributed by atoms with Crippen molar-refractivity contribution in [3.63, 3.8) is 0 Å². The minimum atomic E-state index is -4.32. The summed E-state index contributed by atoms with van der Waals surface area (Å²) in [5, 5.41) is 11.7. The third-order valence-corrected chi connectivity index (χ3v) is 2.66. The van der Waals surface area contributed by atoms with E-state index >= 15 is 0 Å². The number of hydrogen-bond acceptors (Lipinski definition) is 2. The smallest absolute Gasteiger partial charge is 0.309 e. The van der Waals surface area contributed by atoms with Gasteiger partial charge in [-0.3, -0.25) is 0 Å². The van der Waals surface area contributed by atoms with Gasteiger partial charge < -0.3 is 5.32 Å². The minimum Gasteiger partial charge on any atom is -0.309 e. The Kier molecular flexibility index (Phi) is 4.74. The van der Waals surface area contributed by atoms with Gasteiger partial charge in [0.25, 0.3) is 0 Å². The van der Waals surface area contributed by atoms with Crippen molar-refractivity contribution in [3.05, 3.63) is 35.4 Å². The van der Waals surface area contributed by atoms with Gasteiger partial charge in [-0.25, -0.2) is 0 Å². The standard InChI is InChI=1S/C13H15F3N2/c1-9(7-17)8-18-10(2)11-4-3-5-12(6-11)13(14,15)16/h3-6,9-10,18H,8H2,1-2H3. The van der Waals surface area contributed by atoms with Crippen molar-refractivity contribution >= 4 is 0 Å². The fourth-order valence-corrected chi connectivity index (χ4v) is 1.50. The van der Waals surface area contributed by atoms with E-state index in [0.29, 0.717) is 12.1 Å². The molecule has 0 aliphatic carbocycles. The molecule has 0 aromatic heterocycles. The Morgan fingerprint density at radius 1 is 1.33 bits per heavy atom. The van der Waals surface area contributed by atoms with E-state index in [1.807, 2.05) is 0 Å². The molecule has 0 saturated heterocycles. The van der Waals surface area contributed by atoms with Gasteiger partial charge >= 0.3 is 6.18 Å². The molecule has 1 rings (SSSR count). The molecule has 0 amide bonds. The van der Waals surface area contributed by atoms with Crippen LogP contribution in [0, 0.1) is 17.2 Å². The third kappa shape index (κ3) is 4.04. The van der Waals surface area contributed by atoms with E-state index in [-0.39, 0.29) is 12.0 Å². The Balaban J connectivity index is 2.75. The van der Waals surface area contributed by atoms with Crippen molar-refractivity contribution in [3.8, 4) is 6.07 Å². The fraction of sp³-hybridized carbons (Fsp3) is 0.462. The molecule has 0 radical (unpaired) electrons. The average Bonchev–Trinajstić information content (AvgIpc) is 2.34. The summed E-state index contributed by atoms with van der Waals surface area (Å²) in [5.74, 6) is -0.168. The molecule has 2 unspecified atom stereocenters. The van der Waals surface area contributed by atoms with Crippen LogP contribution in [0.1, 0.15) is 31.0 Å². The fourth-order valence-electron chi connectivity index (χ4n) is 1.50. The second kappa shape index (κ2) is 5.87. The monoisotopic (exact) mass is 256 g/mol. The minimum absolute atomic E-state index is 0.168. The lowest BCUT2D eigenvalue weighted by molar-refractivity contribution is -0.137. The van der Waals surface area contributed by atoms with Gasteiger partial charge in [-0.2, -0.15) is 18.4 Å². The highest BCUT2D eigenvalue weighted by Crippen LogP contribution is 2.30. The molecule has 1 aromatic rings. The van der Waals surface area contributed by atoms with Crippen LogP contribution in [0.4, 0.5) is 13.2 Å².